The van der Waals surface area contributed by atoms with Gasteiger partial charge in [0, 0.05) is 24.0 Å². The molecule has 24 heavy (non-hydrogen) atoms. The van der Waals surface area contributed by atoms with E-state index in [2.05, 4.69) is 4.98 Å². The van der Waals surface area contributed by atoms with Crippen molar-refractivity contribution >= 4 is 34.7 Å². The van der Waals surface area contributed by atoms with Crippen molar-refractivity contribution < 1.29 is 14.5 Å². The second kappa shape index (κ2) is 6.63. The Hall–Kier alpha value is -3.00. The van der Waals surface area contributed by atoms with Gasteiger partial charge in [0.1, 0.15) is 0 Å². The largest absolute Gasteiger partial charge is 0.293 e. The summed E-state index contributed by atoms with van der Waals surface area (Å²) in [4.78, 5) is 40.3. The van der Waals surface area contributed by atoms with Crippen molar-refractivity contribution in [1.82, 2.24) is 9.88 Å². The van der Waals surface area contributed by atoms with Crippen molar-refractivity contribution in [2.24, 2.45) is 0 Å². The highest BCUT2D eigenvalue weighted by atomic mass is 32.2. The Morgan fingerprint density at radius 3 is 2.71 bits per heavy atom. The van der Waals surface area contributed by atoms with E-state index in [-0.39, 0.29) is 17.1 Å². The Bertz CT molecular complexity index is 851. The molecule has 0 spiro atoms. The fraction of sp³-hybridized carbons (Fsp3) is 0.0625. The van der Waals surface area contributed by atoms with Crippen LogP contribution >= 0.6 is 11.8 Å². The van der Waals surface area contributed by atoms with Crippen LogP contribution in [0.2, 0.25) is 0 Å². The number of nitro groups is 1. The normalized spacial score (nSPS) is 16.0. The quantitative estimate of drug-likeness (QED) is 0.481. The molecule has 8 heteroatoms. The number of amides is 2. The fourth-order valence-corrected chi connectivity index (χ4v) is 3.08. The molecule has 120 valence electrons. The third kappa shape index (κ3) is 3.18. The summed E-state index contributed by atoms with van der Waals surface area (Å²) in [6.45, 7) is -0.133. The summed E-state index contributed by atoms with van der Waals surface area (Å²) in [5.74, 6) is -0.466. The molecule has 1 aliphatic rings. The number of carbonyl (C=O) groups is 2. The van der Waals surface area contributed by atoms with E-state index in [9.17, 15) is 19.7 Å². The number of nitro benzene ring substituents is 1. The lowest BCUT2D eigenvalue weighted by atomic mass is 10.1. The zero-order valence-corrected chi connectivity index (χ0v) is 13.1. The molecule has 1 saturated heterocycles. The molecular weight excluding hydrogens is 330 g/mol. The molecule has 1 aliphatic heterocycles. The highest BCUT2D eigenvalue weighted by Gasteiger charge is 2.36. The van der Waals surface area contributed by atoms with Gasteiger partial charge in [-0.15, -0.1) is 0 Å². The van der Waals surface area contributed by atoms with E-state index in [0.29, 0.717) is 11.1 Å². The van der Waals surface area contributed by atoms with E-state index in [1.807, 2.05) is 0 Å². The number of nitrogens with zero attached hydrogens (tertiary/aromatic N) is 3. The molecule has 0 aliphatic carbocycles. The van der Waals surface area contributed by atoms with Crippen LogP contribution in [0.4, 0.5) is 10.5 Å². The highest BCUT2D eigenvalue weighted by Crippen LogP contribution is 2.34. The van der Waals surface area contributed by atoms with E-state index in [0.717, 1.165) is 16.7 Å². The van der Waals surface area contributed by atoms with Crippen LogP contribution in [0.15, 0.2) is 53.7 Å². The van der Waals surface area contributed by atoms with Gasteiger partial charge in [0.05, 0.1) is 16.4 Å². The number of carbonyl (C=O) groups excluding carboxylic acids is 2. The maximum atomic E-state index is 12.4. The van der Waals surface area contributed by atoms with Gasteiger partial charge in [0.25, 0.3) is 16.8 Å². The monoisotopic (exact) mass is 341 g/mol. The van der Waals surface area contributed by atoms with E-state index >= 15 is 0 Å². The maximum Gasteiger partial charge on any atom is 0.293 e. The SMILES string of the molecule is O=C1S/C(=C\c2cccnc2)C(=O)N1Cc1ccccc1[N+](=O)[O-]. The number of pyridine rings is 1. The van der Waals surface area contributed by atoms with Gasteiger partial charge in [-0.05, 0) is 29.5 Å². The Kier molecular flexibility index (Phi) is 4.39. The number of thioether (sulfide) groups is 1. The average molecular weight is 341 g/mol. The van der Waals surface area contributed by atoms with Crippen LogP contribution in [0, 0.1) is 10.1 Å². The zero-order chi connectivity index (χ0) is 17.1. The molecule has 2 amide bonds. The molecular formula is C16H11N3O4S. The predicted octanol–water partition coefficient (Wildman–Crippen LogP) is 3.23. The minimum atomic E-state index is -0.528. The first-order valence-electron chi connectivity index (χ1n) is 6.94. The maximum absolute atomic E-state index is 12.4. The molecule has 0 bridgehead atoms. The van der Waals surface area contributed by atoms with Gasteiger partial charge in [-0.1, -0.05) is 24.3 Å². The molecule has 1 fully saturated rings. The Morgan fingerprint density at radius 1 is 1.21 bits per heavy atom. The molecule has 2 aromatic rings. The lowest BCUT2D eigenvalue weighted by Crippen LogP contribution is -2.27. The van der Waals surface area contributed by atoms with E-state index in [4.69, 9.17) is 0 Å². The van der Waals surface area contributed by atoms with Gasteiger partial charge in [0.2, 0.25) is 0 Å². The van der Waals surface area contributed by atoms with Crippen LogP contribution in [0.5, 0.6) is 0 Å². The Balaban J connectivity index is 1.86. The van der Waals surface area contributed by atoms with Gasteiger partial charge in [-0.25, -0.2) is 0 Å². The Morgan fingerprint density at radius 2 is 2.00 bits per heavy atom. The Labute approximate surface area is 141 Å². The first-order valence-corrected chi connectivity index (χ1v) is 7.75. The molecule has 0 N–H and O–H groups in total. The van der Waals surface area contributed by atoms with Crippen molar-refractivity contribution in [3.05, 3.63) is 74.9 Å². The van der Waals surface area contributed by atoms with E-state index < -0.39 is 16.1 Å². The van der Waals surface area contributed by atoms with Crippen molar-refractivity contribution in [3.63, 3.8) is 0 Å². The molecule has 1 aromatic carbocycles. The standard InChI is InChI=1S/C16H11N3O4S/c20-15-14(8-11-4-3-7-17-9-11)24-16(21)18(15)10-12-5-1-2-6-13(12)19(22)23/h1-9H,10H2/b14-8-. The lowest BCUT2D eigenvalue weighted by molar-refractivity contribution is -0.385. The van der Waals surface area contributed by atoms with Crippen molar-refractivity contribution in [3.8, 4) is 0 Å². The third-order valence-corrected chi connectivity index (χ3v) is 4.28. The second-order valence-electron chi connectivity index (χ2n) is 4.94. The average Bonchev–Trinajstić information content (AvgIpc) is 2.84. The molecule has 0 unspecified atom stereocenters. The fourth-order valence-electron chi connectivity index (χ4n) is 2.24. The molecule has 3 rings (SSSR count). The topological polar surface area (TPSA) is 93.4 Å². The van der Waals surface area contributed by atoms with Crippen LogP contribution < -0.4 is 0 Å². The van der Waals surface area contributed by atoms with Crippen molar-refractivity contribution in [1.29, 1.82) is 0 Å². The lowest BCUT2D eigenvalue weighted by Gasteiger charge is -2.12. The number of hydrogen-bond acceptors (Lipinski definition) is 6. The number of benzene rings is 1. The van der Waals surface area contributed by atoms with Crippen LogP contribution in [-0.2, 0) is 11.3 Å². The summed E-state index contributed by atoms with van der Waals surface area (Å²) in [6.07, 6.45) is 4.77. The summed E-state index contributed by atoms with van der Waals surface area (Å²) in [7, 11) is 0. The first-order chi connectivity index (χ1) is 11.6. The van der Waals surface area contributed by atoms with Crippen molar-refractivity contribution in [2.75, 3.05) is 0 Å². The second-order valence-corrected chi connectivity index (χ2v) is 5.93. The molecule has 0 atom stereocenters. The summed E-state index contributed by atoms with van der Waals surface area (Å²) in [5.41, 5.74) is 0.897. The molecule has 7 nitrogen and oxygen atoms in total. The number of aromatic nitrogens is 1. The van der Waals surface area contributed by atoms with Gasteiger partial charge < -0.3 is 0 Å². The predicted molar refractivity (Wildman–Crippen MR) is 88.8 cm³/mol. The molecule has 0 radical (unpaired) electrons. The summed E-state index contributed by atoms with van der Waals surface area (Å²) in [5, 5.41) is 10.6. The minimum Gasteiger partial charge on any atom is -0.268 e. The smallest absolute Gasteiger partial charge is 0.268 e. The van der Waals surface area contributed by atoms with Crippen LogP contribution in [0.1, 0.15) is 11.1 Å². The summed E-state index contributed by atoms with van der Waals surface area (Å²) < 4.78 is 0. The highest BCUT2D eigenvalue weighted by molar-refractivity contribution is 8.18. The third-order valence-electron chi connectivity index (χ3n) is 3.37. The molecule has 0 saturated carbocycles. The van der Waals surface area contributed by atoms with Crippen molar-refractivity contribution in [2.45, 2.75) is 6.54 Å². The molecule has 1 aromatic heterocycles. The summed E-state index contributed by atoms with van der Waals surface area (Å²) in [6, 6.07) is 9.54. The number of imide groups is 1. The first kappa shape index (κ1) is 15.9. The van der Waals surface area contributed by atoms with Crippen LogP contribution in [-0.4, -0.2) is 26.0 Å². The number of hydrogen-bond donors (Lipinski definition) is 0. The number of rotatable bonds is 4. The van der Waals surface area contributed by atoms with Crippen LogP contribution in [0.3, 0.4) is 0 Å². The van der Waals surface area contributed by atoms with Gasteiger partial charge in [-0.2, -0.15) is 0 Å². The molecule has 2 heterocycles. The van der Waals surface area contributed by atoms with Gasteiger partial charge in [-0.3, -0.25) is 29.6 Å². The van der Waals surface area contributed by atoms with Gasteiger partial charge in [0.15, 0.2) is 0 Å². The van der Waals surface area contributed by atoms with Gasteiger partial charge >= 0.3 is 0 Å². The minimum absolute atomic E-state index is 0.118. The summed E-state index contributed by atoms with van der Waals surface area (Å²) >= 11 is 0.811. The van der Waals surface area contributed by atoms with Crippen LogP contribution in [0.25, 0.3) is 6.08 Å². The van der Waals surface area contributed by atoms with E-state index in [1.54, 1.807) is 36.7 Å². The van der Waals surface area contributed by atoms with E-state index in [1.165, 1.54) is 18.2 Å². The number of para-hydroxylation sites is 1. The zero-order valence-electron chi connectivity index (χ0n) is 12.3.